The second kappa shape index (κ2) is 6.07. The number of aryl methyl sites for hydroxylation is 2. The molecule has 0 unspecified atom stereocenters. The van der Waals surface area contributed by atoms with Crippen molar-refractivity contribution in [2.45, 2.75) is 32.6 Å². The molecular formula is C14H21N3O3. The quantitative estimate of drug-likeness (QED) is 0.905. The summed E-state index contributed by atoms with van der Waals surface area (Å²) in [5, 5.41) is 12.9. The Morgan fingerprint density at radius 2 is 2.25 bits per heavy atom. The Labute approximate surface area is 118 Å². The first-order valence-corrected chi connectivity index (χ1v) is 6.99. The van der Waals surface area contributed by atoms with Gasteiger partial charge in [0.1, 0.15) is 5.69 Å². The third kappa shape index (κ3) is 3.37. The van der Waals surface area contributed by atoms with Crippen LogP contribution < -0.4 is 0 Å². The lowest BCUT2D eigenvalue weighted by atomic mass is 9.93. The van der Waals surface area contributed by atoms with Crippen LogP contribution in [-0.2, 0) is 11.8 Å². The SMILES string of the molecule is Cc1cc(C(=O)N2CCC[C@H](CCC(=O)O)C2)n(C)n1. The fourth-order valence-electron chi connectivity index (χ4n) is 2.79. The van der Waals surface area contributed by atoms with E-state index in [2.05, 4.69) is 5.10 Å². The van der Waals surface area contributed by atoms with Crippen LogP contribution in [0.4, 0.5) is 0 Å². The molecule has 1 atom stereocenters. The Bertz CT molecular complexity index is 510. The molecule has 0 spiro atoms. The Morgan fingerprint density at radius 3 is 2.85 bits per heavy atom. The number of hydrogen-bond donors (Lipinski definition) is 1. The van der Waals surface area contributed by atoms with Gasteiger partial charge in [-0.1, -0.05) is 0 Å². The molecule has 6 nitrogen and oxygen atoms in total. The molecule has 110 valence electrons. The van der Waals surface area contributed by atoms with Crippen molar-refractivity contribution in [3.63, 3.8) is 0 Å². The van der Waals surface area contributed by atoms with Gasteiger partial charge < -0.3 is 10.0 Å². The van der Waals surface area contributed by atoms with E-state index >= 15 is 0 Å². The van der Waals surface area contributed by atoms with Gasteiger partial charge in [0.2, 0.25) is 0 Å². The van der Waals surface area contributed by atoms with E-state index in [1.165, 1.54) is 0 Å². The van der Waals surface area contributed by atoms with Gasteiger partial charge >= 0.3 is 5.97 Å². The predicted molar refractivity (Wildman–Crippen MR) is 73.4 cm³/mol. The van der Waals surface area contributed by atoms with Gasteiger partial charge in [0.25, 0.3) is 5.91 Å². The fraction of sp³-hybridized carbons (Fsp3) is 0.643. The predicted octanol–water partition coefficient (Wildman–Crippen LogP) is 1.45. The average Bonchev–Trinajstić information content (AvgIpc) is 2.75. The van der Waals surface area contributed by atoms with Gasteiger partial charge in [-0.3, -0.25) is 14.3 Å². The highest BCUT2D eigenvalue weighted by molar-refractivity contribution is 5.92. The van der Waals surface area contributed by atoms with Gasteiger partial charge in [-0.05, 0) is 38.2 Å². The molecule has 1 aliphatic heterocycles. The lowest BCUT2D eigenvalue weighted by Crippen LogP contribution is -2.40. The molecule has 0 saturated carbocycles. The molecule has 20 heavy (non-hydrogen) atoms. The van der Waals surface area contributed by atoms with Crippen LogP contribution in [0.15, 0.2) is 6.07 Å². The second-order valence-electron chi connectivity index (χ2n) is 5.49. The fourth-order valence-corrected chi connectivity index (χ4v) is 2.79. The van der Waals surface area contributed by atoms with Crippen LogP contribution in [0.2, 0.25) is 0 Å². The number of piperidine rings is 1. The summed E-state index contributed by atoms with van der Waals surface area (Å²) in [5.41, 5.74) is 1.43. The largest absolute Gasteiger partial charge is 0.481 e. The summed E-state index contributed by atoms with van der Waals surface area (Å²) in [6, 6.07) is 1.79. The van der Waals surface area contributed by atoms with E-state index in [0.29, 0.717) is 18.7 Å². The minimum atomic E-state index is -0.768. The molecule has 1 fully saturated rings. The van der Waals surface area contributed by atoms with Crippen LogP contribution in [0, 0.1) is 12.8 Å². The summed E-state index contributed by atoms with van der Waals surface area (Å²) < 4.78 is 1.61. The van der Waals surface area contributed by atoms with E-state index in [1.807, 2.05) is 11.8 Å². The minimum Gasteiger partial charge on any atom is -0.481 e. The van der Waals surface area contributed by atoms with Crippen molar-refractivity contribution in [3.8, 4) is 0 Å². The Kier molecular flexibility index (Phi) is 4.42. The first-order valence-electron chi connectivity index (χ1n) is 6.99. The molecule has 6 heteroatoms. The van der Waals surface area contributed by atoms with Crippen molar-refractivity contribution >= 4 is 11.9 Å². The molecule has 1 amide bonds. The van der Waals surface area contributed by atoms with Crippen LogP contribution in [0.25, 0.3) is 0 Å². The van der Waals surface area contributed by atoms with Crippen LogP contribution >= 0.6 is 0 Å². The first kappa shape index (κ1) is 14.6. The van der Waals surface area contributed by atoms with Crippen LogP contribution in [-0.4, -0.2) is 44.8 Å². The van der Waals surface area contributed by atoms with Crippen molar-refractivity contribution in [1.29, 1.82) is 0 Å². The monoisotopic (exact) mass is 279 g/mol. The number of rotatable bonds is 4. The van der Waals surface area contributed by atoms with E-state index in [1.54, 1.807) is 17.8 Å². The number of carbonyl (C=O) groups excluding carboxylic acids is 1. The van der Waals surface area contributed by atoms with Crippen molar-refractivity contribution in [2.24, 2.45) is 13.0 Å². The molecule has 1 aliphatic rings. The first-order chi connectivity index (χ1) is 9.47. The highest BCUT2D eigenvalue weighted by Gasteiger charge is 2.26. The summed E-state index contributed by atoms with van der Waals surface area (Å²) >= 11 is 0. The van der Waals surface area contributed by atoms with E-state index in [4.69, 9.17) is 5.11 Å². The van der Waals surface area contributed by atoms with Crippen LogP contribution in [0.5, 0.6) is 0 Å². The van der Waals surface area contributed by atoms with Crippen LogP contribution in [0.1, 0.15) is 41.9 Å². The van der Waals surface area contributed by atoms with Gasteiger partial charge in [-0.25, -0.2) is 0 Å². The third-order valence-corrected chi connectivity index (χ3v) is 3.79. The molecule has 0 radical (unpaired) electrons. The molecule has 1 aromatic rings. The third-order valence-electron chi connectivity index (χ3n) is 3.79. The zero-order chi connectivity index (χ0) is 14.7. The Balaban J connectivity index is 1.99. The summed E-state index contributed by atoms with van der Waals surface area (Å²) in [4.78, 5) is 24.9. The summed E-state index contributed by atoms with van der Waals surface area (Å²) in [6.45, 7) is 3.26. The van der Waals surface area contributed by atoms with Gasteiger partial charge in [0.15, 0.2) is 0 Å². The number of aliphatic carboxylic acids is 1. The lowest BCUT2D eigenvalue weighted by molar-refractivity contribution is -0.137. The zero-order valence-electron chi connectivity index (χ0n) is 12.0. The topological polar surface area (TPSA) is 75.4 Å². The summed E-state index contributed by atoms with van der Waals surface area (Å²) in [7, 11) is 1.77. The van der Waals surface area contributed by atoms with Gasteiger partial charge in [0, 0.05) is 26.6 Å². The number of carbonyl (C=O) groups is 2. The number of amides is 1. The number of hydrogen-bond acceptors (Lipinski definition) is 3. The van der Waals surface area contributed by atoms with E-state index in [-0.39, 0.29) is 18.2 Å². The maximum absolute atomic E-state index is 12.5. The number of aromatic nitrogens is 2. The molecule has 0 aliphatic carbocycles. The van der Waals surface area contributed by atoms with Gasteiger partial charge in [-0.15, -0.1) is 0 Å². The second-order valence-corrected chi connectivity index (χ2v) is 5.49. The maximum atomic E-state index is 12.5. The van der Waals surface area contributed by atoms with Crippen molar-refractivity contribution in [3.05, 3.63) is 17.5 Å². The average molecular weight is 279 g/mol. The molecule has 2 heterocycles. The summed E-state index contributed by atoms with van der Waals surface area (Å²) in [6.07, 6.45) is 2.76. The lowest BCUT2D eigenvalue weighted by Gasteiger charge is -2.32. The van der Waals surface area contributed by atoms with Crippen molar-refractivity contribution in [2.75, 3.05) is 13.1 Å². The number of carboxylic acid groups (broad SMARTS) is 1. The number of nitrogens with zero attached hydrogens (tertiary/aromatic N) is 3. The standard InChI is InChI=1S/C14H21N3O3/c1-10-8-12(16(2)15-10)14(20)17-7-3-4-11(9-17)5-6-13(18)19/h8,11H,3-7,9H2,1-2H3,(H,18,19)/t11-/m1/s1. The molecule has 0 aromatic carbocycles. The van der Waals surface area contributed by atoms with Crippen LogP contribution in [0.3, 0.4) is 0 Å². The maximum Gasteiger partial charge on any atom is 0.303 e. The zero-order valence-corrected chi connectivity index (χ0v) is 12.0. The number of carboxylic acids is 1. The normalized spacial score (nSPS) is 19.1. The van der Waals surface area contributed by atoms with Gasteiger partial charge in [-0.2, -0.15) is 5.10 Å². The van der Waals surface area contributed by atoms with E-state index < -0.39 is 5.97 Å². The molecular weight excluding hydrogens is 258 g/mol. The molecule has 0 bridgehead atoms. The smallest absolute Gasteiger partial charge is 0.303 e. The highest BCUT2D eigenvalue weighted by Crippen LogP contribution is 2.22. The van der Waals surface area contributed by atoms with Crippen molar-refractivity contribution in [1.82, 2.24) is 14.7 Å². The Hall–Kier alpha value is -1.85. The minimum absolute atomic E-state index is 0.00637. The highest BCUT2D eigenvalue weighted by atomic mass is 16.4. The molecule has 1 N–H and O–H groups in total. The Morgan fingerprint density at radius 1 is 1.50 bits per heavy atom. The number of likely N-dealkylation sites (tertiary alicyclic amines) is 1. The molecule has 1 saturated heterocycles. The van der Waals surface area contributed by atoms with Gasteiger partial charge in [0.05, 0.1) is 5.69 Å². The van der Waals surface area contributed by atoms with E-state index in [0.717, 1.165) is 25.1 Å². The molecule has 2 rings (SSSR count). The van der Waals surface area contributed by atoms with Crippen molar-refractivity contribution < 1.29 is 14.7 Å². The summed E-state index contributed by atoms with van der Waals surface area (Å²) in [5.74, 6) is -0.484. The van der Waals surface area contributed by atoms with E-state index in [9.17, 15) is 9.59 Å². The molecule has 1 aromatic heterocycles.